The van der Waals surface area contributed by atoms with Crippen LogP contribution in [0.3, 0.4) is 0 Å². The van der Waals surface area contributed by atoms with Gasteiger partial charge in [0.15, 0.2) is 5.75 Å². The van der Waals surface area contributed by atoms with E-state index in [2.05, 4.69) is 0 Å². The number of halogens is 1. The van der Waals surface area contributed by atoms with Crippen LogP contribution in [0.2, 0.25) is 0 Å². The van der Waals surface area contributed by atoms with Crippen molar-refractivity contribution in [1.29, 1.82) is 0 Å². The second-order valence-electron chi connectivity index (χ2n) is 3.39. The number of aromatic hydroxyl groups is 2. The molecule has 1 atom stereocenters. The Hall–Kier alpha value is -1.87. The Morgan fingerprint density at radius 3 is 2.44 bits per heavy atom. The number of rotatable bonds is 4. The summed E-state index contributed by atoms with van der Waals surface area (Å²) < 4.78 is 0. The lowest BCUT2D eigenvalue weighted by Gasteiger charge is -2.07. The maximum Gasteiger partial charge on any atom is 0.320 e. The molecule has 0 heterocycles. The zero-order chi connectivity index (χ0) is 13.2. The zero-order valence-electron chi connectivity index (χ0n) is 8.94. The molecule has 1 aromatic carbocycles. The molecule has 100 valence electrons. The Bertz CT molecular complexity index is 478. The van der Waals surface area contributed by atoms with Crippen molar-refractivity contribution in [2.45, 2.75) is 12.5 Å². The predicted octanol–water partition coefficient (Wildman–Crippen LogP) is 0.538. The summed E-state index contributed by atoms with van der Waals surface area (Å²) >= 11 is 0. The number of nitro groups is 1. The van der Waals surface area contributed by atoms with Crippen molar-refractivity contribution in [1.82, 2.24) is 0 Å². The molecular formula is C9H11BrN2O6. The molecule has 5 N–H and O–H groups in total. The van der Waals surface area contributed by atoms with Crippen molar-refractivity contribution in [3.8, 4) is 11.5 Å². The fourth-order valence-corrected chi connectivity index (χ4v) is 1.26. The van der Waals surface area contributed by atoms with Crippen molar-refractivity contribution in [3.05, 3.63) is 27.8 Å². The summed E-state index contributed by atoms with van der Waals surface area (Å²) in [5.74, 6) is -2.81. The first kappa shape index (κ1) is 16.1. The maximum absolute atomic E-state index is 10.5. The third kappa shape index (κ3) is 3.57. The Kier molecular flexibility index (Phi) is 5.53. The van der Waals surface area contributed by atoms with Gasteiger partial charge in [0.05, 0.1) is 4.92 Å². The van der Waals surface area contributed by atoms with Crippen LogP contribution in [0, 0.1) is 10.1 Å². The Labute approximate surface area is 112 Å². The monoisotopic (exact) mass is 322 g/mol. The Morgan fingerprint density at radius 2 is 2.00 bits per heavy atom. The number of nitrogens with two attached hydrogens (primary N) is 1. The molecule has 0 aromatic heterocycles. The summed E-state index contributed by atoms with van der Waals surface area (Å²) in [5, 5.41) is 37.5. The average molecular weight is 323 g/mol. The van der Waals surface area contributed by atoms with Gasteiger partial charge in [-0.3, -0.25) is 14.9 Å². The number of nitro benzene ring substituents is 1. The molecule has 1 aromatic rings. The number of benzene rings is 1. The highest BCUT2D eigenvalue weighted by atomic mass is 79.9. The average Bonchev–Trinajstić information content (AvgIpc) is 2.22. The van der Waals surface area contributed by atoms with Crippen LogP contribution in [0.25, 0.3) is 0 Å². The second-order valence-corrected chi connectivity index (χ2v) is 3.39. The molecule has 0 saturated carbocycles. The second kappa shape index (κ2) is 6.17. The molecule has 9 heteroatoms. The lowest BCUT2D eigenvalue weighted by Crippen LogP contribution is -2.32. The van der Waals surface area contributed by atoms with Gasteiger partial charge in [-0.1, -0.05) is 0 Å². The lowest BCUT2D eigenvalue weighted by atomic mass is 10.1. The van der Waals surface area contributed by atoms with E-state index in [-0.39, 0.29) is 29.0 Å². The molecule has 0 radical (unpaired) electrons. The number of hydrogen-bond donors (Lipinski definition) is 4. The number of carbonyl (C=O) groups is 1. The lowest BCUT2D eigenvalue weighted by molar-refractivity contribution is -0.386. The van der Waals surface area contributed by atoms with Gasteiger partial charge in [-0.25, -0.2) is 0 Å². The minimum Gasteiger partial charge on any atom is -0.504 e. The van der Waals surface area contributed by atoms with E-state index < -0.39 is 34.1 Å². The standard InChI is InChI=1S/C9H10N2O6.BrH/c10-5(9(14)15)1-4-2-6(11(16)17)8(13)7(12)3-4;/h2-3,5,12-13H,1,10H2,(H,14,15);1H. The van der Waals surface area contributed by atoms with Gasteiger partial charge in [0, 0.05) is 6.07 Å². The van der Waals surface area contributed by atoms with E-state index in [1.54, 1.807) is 0 Å². The number of aliphatic carboxylic acids is 1. The van der Waals surface area contributed by atoms with E-state index in [0.717, 1.165) is 12.1 Å². The number of phenols is 2. The molecule has 0 aliphatic carbocycles. The number of carboxylic acid groups (broad SMARTS) is 1. The van der Waals surface area contributed by atoms with Crippen LogP contribution in [-0.4, -0.2) is 32.3 Å². The van der Waals surface area contributed by atoms with Crippen LogP contribution in [-0.2, 0) is 11.2 Å². The molecule has 0 amide bonds. The van der Waals surface area contributed by atoms with Gasteiger partial charge in [0.25, 0.3) is 0 Å². The third-order valence-corrected chi connectivity index (χ3v) is 2.10. The molecule has 0 spiro atoms. The van der Waals surface area contributed by atoms with Gasteiger partial charge in [-0.05, 0) is 18.1 Å². The topological polar surface area (TPSA) is 147 Å². The van der Waals surface area contributed by atoms with Crippen molar-refractivity contribution < 1.29 is 25.0 Å². The number of phenolic OH excluding ortho intramolecular Hbond substituents is 2. The van der Waals surface area contributed by atoms with Crippen molar-refractivity contribution >= 4 is 28.6 Å². The smallest absolute Gasteiger partial charge is 0.320 e. The van der Waals surface area contributed by atoms with Crippen LogP contribution in [0.4, 0.5) is 5.69 Å². The highest BCUT2D eigenvalue weighted by molar-refractivity contribution is 8.93. The van der Waals surface area contributed by atoms with Crippen LogP contribution in [0.1, 0.15) is 5.56 Å². The maximum atomic E-state index is 10.5. The van der Waals surface area contributed by atoms with Gasteiger partial charge in [-0.15, -0.1) is 17.0 Å². The van der Waals surface area contributed by atoms with E-state index in [0.29, 0.717) is 0 Å². The first-order valence-corrected chi connectivity index (χ1v) is 4.50. The highest BCUT2D eigenvalue weighted by Crippen LogP contribution is 2.36. The normalized spacial score (nSPS) is 11.4. The number of carboxylic acids is 1. The summed E-state index contributed by atoms with van der Waals surface area (Å²) in [7, 11) is 0. The summed E-state index contributed by atoms with van der Waals surface area (Å²) in [6, 6.07) is 0.766. The molecule has 1 rings (SSSR count). The van der Waals surface area contributed by atoms with Crippen molar-refractivity contribution in [2.24, 2.45) is 5.73 Å². The number of nitrogens with zero attached hydrogens (tertiary/aromatic N) is 1. The van der Waals surface area contributed by atoms with Crippen LogP contribution in [0.5, 0.6) is 11.5 Å². The van der Waals surface area contributed by atoms with Gasteiger partial charge in [0.2, 0.25) is 5.75 Å². The predicted molar refractivity (Wildman–Crippen MR) is 66.1 cm³/mol. The molecular weight excluding hydrogens is 312 g/mol. The fraction of sp³-hybridized carbons (Fsp3) is 0.222. The number of hydrogen-bond acceptors (Lipinski definition) is 6. The van der Waals surface area contributed by atoms with Gasteiger partial charge in [-0.2, -0.15) is 0 Å². The molecule has 0 aliphatic heterocycles. The van der Waals surface area contributed by atoms with Crippen molar-refractivity contribution in [2.75, 3.05) is 0 Å². The molecule has 0 aliphatic rings. The Morgan fingerprint density at radius 1 is 1.44 bits per heavy atom. The minimum atomic E-state index is -1.26. The molecule has 1 unspecified atom stereocenters. The van der Waals surface area contributed by atoms with Crippen LogP contribution < -0.4 is 5.73 Å². The molecule has 0 fully saturated rings. The molecule has 0 saturated heterocycles. The zero-order valence-corrected chi connectivity index (χ0v) is 10.7. The first-order chi connectivity index (χ1) is 7.82. The molecule has 18 heavy (non-hydrogen) atoms. The summed E-state index contributed by atoms with van der Waals surface area (Å²) in [6.07, 6.45) is -0.190. The van der Waals surface area contributed by atoms with E-state index in [4.69, 9.17) is 10.8 Å². The SMILES string of the molecule is Br.NC(Cc1cc(O)c(O)c([N+](=O)[O-])c1)C(=O)O. The summed E-state index contributed by atoms with van der Waals surface area (Å²) in [6.45, 7) is 0. The molecule has 8 nitrogen and oxygen atoms in total. The summed E-state index contributed by atoms with van der Waals surface area (Å²) in [5.41, 5.74) is 4.71. The Balaban J connectivity index is 0.00000289. The van der Waals surface area contributed by atoms with Crippen LogP contribution >= 0.6 is 17.0 Å². The summed E-state index contributed by atoms with van der Waals surface area (Å²) in [4.78, 5) is 20.2. The minimum absolute atomic E-state index is 0. The highest BCUT2D eigenvalue weighted by Gasteiger charge is 2.21. The quantitative estimate of drug-likeness (QED) is 0.359. The van der Waals surface area contributed by atoms with Crippen LogP contribution in [0.15, 0.2) is 12.1 Å². The largest absolute Gasteiger partial charge is 0.504 e. The van der Waals surface area contributed by atoms with E-state index in [9.17, 15) is 25.1 Å². The van der Waals surface area contributed by atoms with E-state index in [1.807, 2.05) is 0 Å². The third-order valence-electron chi connectivity index (χ3n) is 2.10. The van der Waals surface area contributed by atoms with Gasteiger partial charge >= 0.3 is 11.7 Å². The van der Waals surface area contributed by atoms with E-state index in [1.165, 1.54) is 0 Å². The van der Waals surface area contributed by atoms with Gasteiger partial charge in [0.1, 0.15) is 6.04 Å². The van der Waals surface area contributed by atoms with Crippen molar-refractivity contribution in [3.63, 3.8) is 0 Å². The first-order valence-electron chi connectivity index (χ1n) is 4.50. The van der Waals surface area contributed by atoms with E-state index >= 15 is 0 Å². The fourth-order valence-electron chi connectivity index (χ4n) is 1.26. The van der Waals surface area contributed by atoms with Gasteiger partial charge < -0.3 is 21.1 Å². The molecule has 0 bridgehead atoms.